The lowest BCUT2D eigenvalue weighted by atomic mass is 10.1. The lowest BCUT2D eigenvalue weighted by molar-refractivity contribution is 0.747. The van der Waals surface area contributed by atoms with Gasteiger partial charge < -0.3 is 5.32 Å². The molecule has 15 heavy (non-hydrogen) atoms. The van der Waals surface area contributed by atoms with Gasteiger partial charge in [-0.3, -0.25) is 0 Å². The number of benzene rings is 1. The lowest BCUT2D eigenvalue weighted by Crippen LogP contribution is -2.18. The van der Waals surface area contributed by atoms with Crippen LogP contribution in [-0.2, 0) is 6.42 Å². The number of rotatable bonds is 3. The van der Waals surface area contributed by atoms with E-state index >= 15 is 0 Å². The summed E-state index contributed by atoms with van der Waals surface area (Å²) in [6.45, 7) is 4.50. The van der Waals surface area contributed by atoms with Gasteiger partial charge in [0, 0.05) is 22.7 Å². The topological polar surface area (TPSA) is 12.0 Å². The molecule has 1 aromatic carbocycles. The fourth-order valence-corrected chi connectivity index (χ4v) is 3.14. The van der Waals surface area contributed by atoms with Gasteiger partial charge in [0.1, 0.15) is 0 Å². The lowest BCUT2D eigenvalue weighted by Gasteiger charge is -2.13. The number of thioether (sulfide) groups is 1. The second kappa shape index (κ2) is 4.93. The van der Waals surface area contributed by atoms with Crippen LogP contribution in [0.15, 0.2) is 24.3 Å². The SMILES string of the molecule is CCc1ccc(NC2CSC(C)C2)cc1. The van der Waals surface area contributed by atoms with Gasteiger partial charge in [-0.2, -0.15) is 11.8 Å². The van der Waals surface area contributed by atoms with Gasteiger partial charge in [-0.1, -0.05) is 26.0 Å². The number of hydrogen-bond acceptors (Lipinski definition) is 2. The zero-order valence-corrected chi connectivity index (χ0v) is 10.3. The molecule has 1 nitrogen and oxygen atoms in total. The quantitative estimate of drug-likeness (QED) is 0.837. The molecule has 0 radical (unpaired) electrons. The van der Waals surface area contributed by atoms with Crippen molar-refractivity contribution in [2.45, 2.75) is 38.0 Å². The van der Waals surface area contributed by atoms with Crippen LogP contribution in [0.1, 0.15) is 25.8 Å². The van der Waals surface area contributed by atoms with E-state index in [9.17, 15) is 0 Å². The van der Waals surface area contributed by atoms with Gasteiger partial charge in [0.15, 0.2) is 0 Å². The molecule has 0 amide bonds. The van der Waals surface area contributed by atoms with E-state index in [0.717, 1.165) is 11.7 Å². The third kappa shape index (κ3) is 2.91. The monoisotopic (exact) mass is 221 g/mol. The highest BCUT2D eigenvalue weighted by atomic mass is 32.2. The average Bonchev–Trinajstić information content (AvgIpc) is 2.65. The van der Waals surface area contributed by atoms with Crippen molar-refractivity contribution < 1.29 is 0 Å². The van der Waals surface area contributed by atoms with E-state index in [4.69, 9.17) is 0 Å². The fourth-order valence-electron chi connectivity index (χ4n) is 1.99. The molecule has 2 heteroatoms. The highest BCUT2D eigenvalue weighted by Crippen LogP contribution is 2.28. The smallest absolute Gasteiger partial charge is 0.0362 e. The summed E-state index contributed by atoms with van der Waals surface area (Å²) in [4.78, 5) is 0. The van der Waals surface area contributed by atoms with Crippen molar-refractivity contribution in [3.8, 4) is 0 Å². The Kier molecular flexibility index (Phi) is 3.57. The van der Waals surface area contributed by atoms with E-state index < -0.39 is 0 Å². The summed E-state index contributed by atoms with van der Waals surface area (Å²) in [5.41, 5.74) is 2.68. The van der Waals surface area contributed by atoms with Crippen LogP contribution in [0, 0.1) is 0 Å². The first-order valence-electron chi connectivity index (χ1n) is 5.75. The minimum atomic E-state index is 0.664. The summed E-state index contributed by atoms with van der Waals surface area (Å²) >= 11 is 2.07. The highest BCUT2D eigenvalue weighted by molar-refractivity contribution is 8.00. The third-order valence-corrected chi connectivity index (χ3v) is 4.29. The molecule has 2 unspecified atom stereocenters. The predicted molar refractivity (Wildman–Crippen MR) is 69.8 cm³/mol. The standard InChI is InChI=1S/C13H19NS/c1-3-11-4-6-12(7-5-11)14-13-8-10(2)15-9-13/h4-7,10,13-14H,3,8-9H2,1-2H3. The van der Waals surface area contributed by atoms with Gasteiger partial charge >= 0.3 is 0 Å². The molecule has 1 aliphatic heterocycles. The van der Waals surface area contributed by atoms with E-state index in [1.165, 1.54) is 23.4 Å². The Balaban J connectivity index is 1.93. The Hall–Kier alpha value is -0.630. The Bertz CT molecular complexity index is 307. The predicted octanol–water partition coefficient (Wildman–Crippen LogP) is 3.55. The zero-order chi connectivity index (χ0) is 10.7. The number of aryl methyl sites for hydroxylation is 1. The maximum absolute atomic E-state index is 3.60. The van der Waals surface area contributed by atoms with E-state index in [-0.39, 0.29) is 0 Å². The van der Waals surface area contributed by atoms with Crippen molar-refractivity contribution in [2.24, 2.45) is 0 Å². The van der Waals surface area contributed by atoms with Gasteiger partial charge in [0.25, 0.3) is 0 Å². The molecule has 2 rings (SSSR count). The summed E-state index contributed by atoms with van der Waals surface area (Å²) in [7, 11) is 0. The van der Waals surface area contributed by atoms with Crippen LogP contribution in [0.2, 0.25) is 0 Å². The molecule has 0 aliphatic carbocycles. The maximum atomic E-state index is 3.60. The van der Waals surface area contributed by atoms with E-state index in [2.05, 4.69) is 55.2 Å². The van der Waals surface area contributed by atoms with Crippen LogP contribution < -0.4 is 5.32 Å². The van der Waals surface area contributed by atoms with Crippen molar-refractivity contribution in [1.29, 1.82) is 0 Å². The molecule has 1 aromatic rings. The molecule has 1 N–H and O–H groups in total. The van der Waals surface area contributed by atoms with Crippen LogP contribution in [-0.4, -0.2) is 17.0 Å². The fraction of sp³-hybridized carbons (Fsp3) is 0.538. The molecule has 1 aliphatic rings. The van der Waals surface area contributed by atoms with Crippen molar-refractivity contribution in [1.82, 2.24) is 0 Å². The first-order valence-corrected chi connectivity index (χ1v) is 6.80. The van der Waals surface area contributed by atoms with Gasteiger partial charge in [-0.05, 0) is 30.5 Å². The van der Waals surface area contributed by atoms with Gasteiger partial charge in [-0.15, -0.1) is 0 Å². The molecular formula is C13H19NS. The molecule has 0 aromatic heterocycles. The highest BCUT2D eigenvalue weighted by Gasteiger charge is 2.21. The first-order chi connectivity index (χ1) is 7.28. The van der Waals surface area contributed by atoms with Crippen LogP contribution in [0.3, 0.4) is 0 Å². The molecule has 1 heterocycles. The zero-order valence-electron chi connectivity index (χ0n) is 9.49. The van der Waals surface area contributed by atoms with Gasteiger partial charge in [-0.25, -0.2) is 0 Å². The summed E-state index contributed by atoms with van der Waals surface area (Å²) in [6, 6.07) is 9.50. The van der Waals surface area contributed by atoms with E-state index in [1.54, 1.807) is 0 Å². The molecule has 2 atom stereocenters. The van der Waals surface area contributed by atoms with Crippen LogP contribution in [0.4, 0.5) is 5.69 Å². The van der Waals surface area contributed by atoms with Crippen LogP contribution in [0.25, 0.3) is 0 Å². The minimum Gasteiger partial charge on any atom is -0.381 e. The Labute approximate surface area is 96.7 Å². The average molecular weight is 221 g/mol. The molecule has 1 saturated heterocycles. The molecule has 82 valence electrons. The summed E-state index contributed by atoms with van der Waals surface area (Å²) < 4.78 is 0. The maximum Gasteiger partial charge on any atom is 0.0362 e. The van der Waals surface area contributed by atoms with Crippen molar-refractivity contribution in [3.05, 3.63) is 29.8 Å². The largest absolute Gasteiger partial charge is 0.381 e. The Morgan fingerprint density at radius 2 is 2.07 bits per heavy atom. The normalized spacial score (nSPS) is 25.5. The molecule has 0 spiro atoms. The van der Waals surface area contributed by atoms with Crippen molar-refractivity contribution >= 4 is 17.4 Å². The third-order valence-electron chi connectivity index (χ3n) is 2.93. The van der Waals surface area contributed by atoms with Crippen molar-refractivity contribution in [2.75, 3.05) is 11.1 Å². The number of nitrogens with one attached hydrogen (secondary N) is 1. The van der Waals surface area contributed by atoms with Gasteiger partial charge in [0.2, 0.25) is 0 Å². The Morgan fingerprint density at radius 3 is 2.60 bits per heavy atom. The Morgan fingerprint density at radius 1 is 1.33 bits per heavy atom. The first kappa shape index (κ1) is 10.9. The number of hydrogen-bond donors (Lipinski definition) is 1. The van der Waals surface area contributed by atoms with Crippen LogP contribution in [0.5, 0.6) is 0 Å². The number of anilines is 1. The van der Waals surface area contributed by atoms with Gasteiger partial charge in [0.05, 0.1) is 0 Å². The summed E-state index contributed by atoms with van der Waals surface area (Å²) in [5.74, 6) is 1.25. The van der Waals surface area contributed by atoms with E-state index in [1.807, 2.05) is 0 Å². The summed E-state index contributed by atoms with van der Waals surface area (Å²) in [5, 5.41) is 4.42. The summed E-state index contributed by atoms with van der Waals surface area (Å²) in [6.07, 6.45) is 2.41. The molecule has 0 saturated carbocycles. The second-order valence-corrected chi connectivity index (χ2v) is 5.74. The molecular weight excluding hydrogens is 202 g/mol. The van der Waals surface area contributed by atoms with E-state index in [0.29, 0.717) is 6.04 Å². The molecule has 1 fully saturated rings. The van der Waals surface area contributed by atoms with Crippen LogP contribution >= 0.6 is 11.8 Å². The molecule has 0 bridgehead atoms. The van der Waals surface area contributed by atoms with Crippen molar-refractivity contribution in [3.63, 3.8) is 0 Å². The minimum absolute atomic E-state index is 0.664. The second-order valence-electron chi connectivity index (χ2n) is 4.27.